The molecule has 20 heavy (non-hydrogen) atoms. The Hall–Kier alpha value is -1.57. The summed E-state index contributed by atoms with van der Waals surface area (Å²) >= 11 is 2.03. The van der Waals surface area contributed by atoms with Crippen LogP contribution in [-0.2, 0) is 20.9 Å². The number of methoxy groups -OCH3 is 1. The molecular formula is C14H15IO5. The zero-order chi connectivity index (χ0) is 15.3. The molecule has 0 unspecified atom stereocenters. The molecule has 0 aliphatic carbocycles. The molecule has 5 nitrogen and oxygen atoms in total. The van der Waals surface area contributed by atoms with Gasteiger partial charge in [-0.2, -0.15) is 0 Å². The van der Waals surface area contributed by atoms with E-state index in [9.17, 15) is 9.59 Å². The zero-order valence-electron chi connectivity index (χ0n) is 11.5. The molecule has 1 aromatic carbocycles. The summed E-state index contributed by atoms with van der Waals surface area (Å²) in [5.74, 6) is 0.0126. The van der Waals surface area contributed by atoms with Crippen LogP contribution in [0.1, 0.15) is 19.4 Å². The van der Waals surface area contributed by atoms with Crippen molar-refractivity contribution in [1.29, 1.82) is 0 Å². The Morgan fingerprint density at radius 2 is 1.90 bits per heavy atom. The number of benzene rings is 1. The van der Waals surface area contributed by atoms with Gasteiger partial charge >= 0.3 is 11.9 Å². The molecule has 0 amide bonds. The fourth-order valence-electron chi connectivity index (χ4n) is 1.38. The van der Waals surface area contributed by atoms with E-state index in [-0.39, 0.29) is 6.61 Å². The van der Waals surface area contributed by atoms with Gasteiger partial charge in [0.05, 0.1) is 10.7 Å². The van der Waals surface area contributed by atoms with Crippen molar-refractivity contribution in [2.24, 2.45) is 0 Å². The molecule has 0 aliphatic rings. The third-order valence-corrected chi connectivity index (χ3v) is 3.14. The Labute approximate surface area is 131 Å². The van der Waals surface area contributed by atoms with Crippen molar-refractivity contribution in [1.82, 2.24) is 0 Å². The summed E-state index contributed by atoms with van der Waals surface area (Å²) in [7, 11) is 1.49. The van der Waals surface area contributed by atoms with Crippen LogP contribution in [-0.4, -0.2) is 19.0 Å². The second-order valence-corrected chi connectivity index (χ2v) is 5.21. The van der Waals surface area contributed by atoms with Crippen LogP contribution in [0.25, 0.3) is 0 Å². The number of halogens is 1. The normalized spacial score (nSPS) is 9.80. The molecule has 0 radical (unpaired) electrons. The third-order valence-electron chi connectivity index (χ3n) is 2.30. The maximum atomic E-state index is 11.4. The smallest absolute Gasteiger partial charge is 0.333 e. The monoisotopic (exact) mass is 390 g/mol. The van der Waals surface area contributed by atoms with E-state index >= 15 is 0 Å². The molecule has 0 saturated carbocycles. The molecule has 1 aromatic rings. The summed E-state index contributed by atoms with van der Waals surface area (Å²) in [5.41, 5.74) is 1.01. The van der Waals surface area contributed by atoms with E-state index in [0.29, 0.717) is 22.6 Å². The molecule has 0 spiro atoms. The van der Waals surface area contributed by atoms with Gasteiger partial charge in [0, 0.05) is 24.1 Å². The van der Waals surface area contributed by atoms with Crippen LogP contribution in [0.15, 0.2) is 24.3 Å². The van der Waals surface area contributed by atoms with E-state index in [1.165, 1.54) is 14.0 Å². The van der Waals surface area contributed by atoms with E-state index in [2.05, 4.69) is 6.58 Å². The number of ether oxygens (including phenoxy) is 3. The van der Waals surface area contributed by atoms with E-state index in [1.54, 1.807) is 19.1 Å². The van der Waals surface area contributed by atoms with Gasteiger partial charge in [0.2, 0.25) is 0 Å². The Morgan fingerprint density at radius 1 is 1.25 bits per heavy atom. The molecule has 108 valence electrons. The van der Waals surface area contributed by atoms with Crippen molar-refractivity contribution in [3.63, 3.8) is 0 Å². The van der Waals surface area contributed by atoms with E-state index < -0.39 is 11.9 Å². The van der Waals surface area contributed by atoms with Gasteiger partial charge in [0.25, 0.3) is 0 Å². The van der Waals surface area contributed by atoms with Crippen LogP contribution < -0.4 is 9.47 Å². The maximum absolute atomic E-state index is 11.4. The average Bonchev–Trinajstić information content (AvgIpc) is 2.37. The first kappa shape index (κ1) is 16.5. The highest BCUT2D eigenvalue weighted by atomic mass is 127. The van der Waals surface area contributed by atoms with E-state index in [1.807, 2.05) is 22.6 Å². The molecule has 0 aromatic heterocycles. The second-order valence-electron chi connectivity index (χ2n) is 4.04. The summed E-state index contributed by atoms with van der Waals surface area (Å²) in [6.45, 7) is 6.47. The van der Waals surface area contributed by atoms with Crippen LogP contribution >= 0.6 is 22.6 Å². The van der Waals surface area contributed by atoms with Crippen molar-refractivity contribution >= 4 is 34.5 Å². The Kier molecular flexibility index (Phi) is 6.00. The first-order chi connectivity index (χ1) is 9.35. The average molecular weight is 390 g/mol. The largest absolute Gasteiger partial charge is 0.496 e. The molecule has 0 atom stereocenters. The lowest BCUT2D eigenvalue weighted by molar-refractivity contribution is -0.140. The first-order valence-corrected chi connectivity index (χ1v) is 6.80. The highest BCUT2D eigenvalue weighted by molar-refractivity contribution is 14.1. The summed E-state index contributed by atoms with van der Waals surface area (Å²) in [6, 6.07) is 3.33. The quantitative estimate of drug-likeness (QED) is 0.335. The van der Waals surface area contributed by atoms with Crippen LogP contribution in [0.3, 0.4) is 0 Å². The predicted molar refractivity (Wildman–Crippen MR) is 81.6 cm³/mol. The van der Waals surface area contributed by atoms with Gasteiger partial charge in [-0.1, -0.05) is 6.58 Å². The number of carbonyl (C=O) groups excluding carboxylic acids is 2. The van der Waals surface area contributed by atoms with Crippen LogP contribution in [0.4, 0.5) is 0 Å². The van der Waals surface area contributed by atoms with Gasteiger partial charge in [0.15, 0.2) is 0 Å². The number of hydrogen-bond donors (Lipinski definition) is 0. The number of hydrogen-bond acceptors (Lipinski definition) is 5. The Balaban J connectivity index is 2.97. The number of carbonyl (C=O) groups is 2. The molecule has 0 bridgehead atoms. The minimum absolute atomic E-state index is 0.0607. The van der Waals surface area contributed by atoms with Crippen molar-refractivity contribution in [3.8, 4) is 11.5 Å². The molecule has 6 heteroatoms. The number of esters is 2. The molecule has 0 saturated heterocycles. The first-order valence-electron chi connectivity index (χ1n) is 5.72. The van der Waals surface area contributed by atoms with Gasteiger partial charge in [0.1, 0.15) is 18.1 Å². The number of rotatable bonds is 5. The summed E-state index contributed by atoms with van der Waals surface area (Å²) in [6.07, 6.45) is 0. The summed E-state index contributed by atoms with van der Waals surface area (Å²) < 4.78 is 16.1. The van der Waals surface area contributed by atoms with Gasteiger partial charge in [-0.3, -0.25) is 4.79 Å². The predicted octanol–water partition coefficient (Wildman–Crippen LogP) is 2.84. The standard InChI is InChI=1S/C14H15IO5/c1-8(2)14(17)19-7-10-5-11(15)13(20-9(3)16)6-12(10)18-4/h5-6H,1,7H2,2-4H3. The Bertz CT molecular complexity index is 551. The van der Waals surface area contributed by atoms with Crippen molar-refractivity contribution < 1.29 is 23.8 Å². The molecule has 0 fully saturated rings. The lowest BCUT2D eigenvalue weighted by Gasteiger charge is -2.12. The highest BCUT2D eigenvalue weighted by Crippen LogP contribution is 2.31. The van der Waals surface area contributed by atoms with E-state index in [4.69, 9.17) is 14.2 Å². The van der Waals surface area contributed by atoms with Gasteiger partial charge in [-0.25, -0.2) is 4.79 Å². The van der Waals surface area contributed by atoms with Crippen molar-refractivity contribution in [2.45, 2.75) is 20.5 Å². The minimum Gasteiger partial charge on any atom is -0.496 e. The third kappa shape index (κ3) is 4.52. The van der Waals surface area contributed by atoms with Gasteiger partial charge in [-0.05, 0) is 35.6 Å². The lowest BCUT2D eigenvalue weighted by Crippen LogP contribution is -2.07. The second kappa shape index (κ2) is 7.28. The van der Waals surface area contributed by atoms with Crippen LogP contribution in [0, 0.1) is 3.57 Å². The molecule has 0 aliphatic heterocycles. The van der Waals surface area contributed by atoms with Gasteiger partial charge in [-0.15, -0.1) is 0 Å². The summed E-state index contributed by atoms with van der Waals surface area (Å²) in [4.78, 5) is 22.4. The maximum Gasteiger partial charge on any atom is 0.333 e. The van der Waals surface area contributed by atoms with Crippen molar-refractivity contribution in [3.05, 3.63) is 33.4 Å². The fourth-order valence-corrected chi connectivity index (χ4v) is 2.02. The van der Waals surface area contributed by atoms with E-state index in [0.717, 1.165) is 3.57 Å². The fraction of sp³-hybridized carbons (Fsp3) is 0.286. The van der Waals surface area contributed by atoms with Crippen LogP contribution in [0.5, 0.6) is 11.5 Å². The molecular weight excluding hydrogens is 375 g/mol. The van der Waals surface area contributed by atoms with Crippen LogP contribution in [0.2, 0.25) is 0 Å². The topological polar surface area (TPSA) is 61.8 Å². The van der Waals surface area contributed by atoms with Gasteiger partial charge < -0.3 is 14.2 Å². The molecule has 0 N–H and O–H groups in total. The highest BCUT2D eigenvalue weighted by Gasteiger charge is 2.13. The molecule has 0 heterocycles. The Morgan fingerprint density at radius 3 is 2.40 bits per heavy atom. The van der Waals surface area contributed by atoms with Crippen molar-refractivity contribution in [2.75, 3.05) is 7.11 Å². The zero-order valence-corrected chi connectivity index (χ0v) is 13.6. The molecule has 1 rings (SSSR count). The lowest BCUT2D eigenvalue weighted by atomic mass is 10.2. The summed E-state index contributed by atoms with van der Waals surface area (Å²) in [5, 5.41) is 0. The minimum atomic E-state index is -0.467. The SMILES string of the molecule is C=C(C)C(=O)OCc1cc(I)c(OC(C)=O)cc1OC.